The zero-order valence-electron chi connectivity index (χ0n) is 29.1. The Morgan fingerprint density at radius 1 is 1.08 bits per heavy atom. The molecule has 2 aromatic heterocycles. The molecule has 0 aliphatic carbocycles. The van der Waals surface area contributed by atoms with Crippen LogP contribution >= 0.6 is 27.3 Å². The molecule has 4 unspecified atom stereocenters. The smallest absolute Gasteiger partial charge is 0.246 e. The number of amides is 3. The third-order valence-corrected chi connectivity index (χ3v) is 11.5. The zero-order valence-corrected chi connectivity index (χ0v) is 31.5. The molecule has 3 aliphatic heterocycles. The average Bonchev–Trinajstić information content (AvgIpc) is 3.74. The van der Waals surface area contributed by atoms with Gasteiger partial charge in [0.2, 0.25) is 17.7 Å². The van der Waals surface area contributed by atoms with Crippen LogP contribution in [-0.2, 0) is 14.4 Å². The lowest BCUT2D eigenvalue weighted by Crippen LogP contribution is -2.60. The molecule has 2 bridgehead atoms. The molecular formula is C35H46BrN9O4S. The van der Waals surface area contributed by atoms with Gasteiger partial charge in [-0.1, -0.05) is 45.0 Å². The summed E-state index contributed by atoms with van der Waals surface area (Å²) in [5, 5.41) is 24.7. The van der Waals surface area contributed by atoms with Crippen molar-refractivity contribution in [1.29, 1.82) is 0 Å². The third-order valence-electron chi connectivity index (χ3n) is 10.1. The van der Waals surface area contributed by atoms with Crippen molar-refractivity contribution >= 4 is 56.5 Å². The first kappa shape index (κ1) is 36.1. The van der Waals surface area contributed by atoms with E-state index in [1.807, 2.05) is 70.5 Å². The van der Waals surface area contributed by atoms with E-state index in [0.717, 1.165) is 40.2 Å². The Kier molecular flexibility index (Phi) is 10.5. The van der Waals surface area contributed by atoms with Crippen molar-refractivity contribution in [3.63, 3.8) is 0 Å². The van der Waals surface area contributed by atoms with Gasteiger partial charge in [-0.2, -0.15) is 0 Å². The molecule has 0 radical (unpaired) electrons. The third kappa shape index (κ3) is 7.65. The Morgan fingerprint density at radius 3 is 2.38 bits per heavy atom. The predicted octanol–water partition coefficient (Wildman–Crippen LogP) is 3.28. The van der Waals surface area contributed by atoms with Crippen LogP contribution in [0.1, 0.15) is 64.3 Å². The minimum atomic E-state index is -0.894. The van der Waals surface area contributed by atoms with E-state index in [9.17, 15) is 19.5 Å². The molecule has 6 rings (SSSR count). The Balaban J connectivity index is 1.09. The summed E-state index contributed by atoms with van der Waals surface area (Å²) in [6, 6.07) is 8.08. The predicted molar refractivity (Wildman–Crippen MR) is 196 cm³/mol. The van der Waals surface area contributed by atoms with Crippen LogP contribution in [0, 0.1) is 12.3 Å². The van der Waals surface area contributed by atoms with Crippen molar-refractivity contribution in [2.24, 2.45) is 5.41 Å². The van der Waals surface area contributed by atoms with Gasteiger partial charge in [-0.3, -0.25) is 19.3 Å². The number of aliphatic hydroxyl groups is 1. The van der Waals surface area contributed by atoms with Crippen molar-refractivity contribution in [2.75, 3.05) is 36.8 Å². The summed E-state index contributed by atoms with van der Waals surface area (Å²) < 4.78 is 0.612. The summed E-state index contributed by atoms with van der Waals surface area (Å²) in [5.41, 5.74) is 11.1. The van der Waals surface area contributed by atoms with Crippen LogP contribution in [0.15, 0.2) is 40.4 Å². The molecule has 6 atom stereocenters. The number of nitrogen functional groups attached to an aromatic ring is 1. The number of carbonyl (C=O) groups excluding carboxylic acids is 3. The molecule has 1 aromatic carbocycles. The van der Waals surface area contributed by atoms with Crippen LogP contribution in [0.2, 0.25) is 0 Å². The number of aryl methyl sites for hydroxylation is 1. The number of carbonyl (C=O) groups is 3. The van der Waals surface area contributed by atoms with E-state index in [1.54, 1.807) is 11.3 Å². The van der Waals surface area contributed by atoms with Gasteiger partial charge in [0.05, 0.1) is 40.5 Å². The van der Waals surface area contributed by atoms with Gasteiger partial charge < -0.3 is 31.3 Å². The maximum atomic E-state index is 14.2. The van der Waals surface area contributed by atoms with Crippen LogP contribution in [0.4, 0.5) is 11.5 Å². The molecule has 0 spiro atoms. The Bertz CT molecular complexity index is 1720. The number of benzene rings is 1. The number of aliphatic hydroxyl groups excluding tert-OH is 1. The molecule has 5 N–H and O–H groups in total. The lowest BCUT2D eigenvalue weighted by molar-refractivity contribution is -0.144. The van der Waals surface area contributed by atoms with Crippen LogP contribution in [0.3, 0.4) is 0 Å². The number of nitrogens with zero attached hydrogens (tertiary/aromatic N) is 6. The second-order valence-electron chi connectivity index (χ2n) is 14.8. The van der Waals surface area contributed by atoms with Crippen molar-refractivity contribution in [1.82, 2.24) is 35.6 Å². The van der Waals surface area contributed by atoms with Crippen LogP contribution in [0.5, 0.6) is 0 Å². The SMILES string of the molecule is Cc1ncsc1-c1ccc([C@H](C)NC(=O)[C@@H]2CC(O)CN2C(=O)C(NC(=O)CN2C3CCC2CN(c2cc(Br)nnc2N)C3)C(C)(C)C)cc1. The van der Waals surface area contributed by atoms with Crippen molar-refractivity contribution in [3.05, 3.63) is 51.7 Å². The second-order valence-corrected chi connectivity index (χ2v) is 16.4. The number of nitrogens with one attached hydrogen (secondary N) is 2. The van der Waals surface area contributed by atoms with Crippen molar-refractivity contribution < 1.29 is 19.5 Å². The van der Waals surface area contributed by atoms with E-state index in [0.29, 0.717) is 23.5 Å². The van der Waals surface area contributed by atoms with E-state index in [2.05, 4.69) is 51.5 Å². The number of thiazole rings is 1. The summed E-state index contributed by atoms with van der Waals surface area (Å²) in [7, 11) is 0. The lowest BCUT2D eigenvalue weighted by atomic mass is 9.85. The van der Waals surface area contributed by atoms with Gasteiger partial charge in [-0.05, 0) is 65.2 Å². The Morgan fingerprint density at radius 2 is 1.76 bits per heavy atom. The van der Waals surface area contributed by atoms with Crippen molar-refractivity contribution in [3.8, 4) is 10.4 Å². The summed E-state index contributed by atoms with van der Waals surface area (Å²) in [5.74, 6) is -0.591. The highest BCUT2D eigenvalue weighted by atomic mass is 79.9. The van der Waals surface area contributed by atoms with E-state index in [1.165, 1.54) is 4.90 Å². The minimum absolute atomic E-state index is 0.0197. The number of fused-ring (bicyclic) bond motifs is 2. The average molecular weight is 769 g/mol. The molecule has 3 aromatic rings. The molecule has 3 saturated heterocycles. The first-order chi connectivity index (χ1) is 23.7. The van der Waals surface area contributed by atoms with Gasteiger partial charge in [0.15, 0.2) is 5.82 Å². The summed E-state index contributed by atoms with van der Waals surface area (Å²) in [6.45, 7) is 11.1. The largest absolute Gasteiger partial charge is 0.391 e. The Hall–Kier alpha value is -3.66. The summed E-state index contributed by atoms with van der Waals surface area (Å²) in [4.78, 5) is 52.8. The van der Waals surface area contributed by atoms with Gasteiger partial charge >= 0.3 is 0 Å². The molecule has 50 heavy (non-hydrogen) atoms. The maximum Gasteiger partial charge on any atom is 0.246 e. The molecule has 5 heterocycles. The number of piperazine rings is 1. The highest BCUT2D eigenvalue weighted by Gasteiger charge is 2.46. The number of hydrogen-bond donors (Lipinski definition) is 4. The molecule has 268 valence electrons. The fraction of sp³-hybridized carbons (Fsp3) is 0.543. The normalized spacial score (nSPS) is 23.5. The van der Waals surface area contributed by atoms with E-state index in [-0.39, 0.29) is 55.4 Å². The maximum absolute atomic E-state index is 14.2. The van der Waals surface area contributed by atoms with Gasteiger partial charge in [0, 0.05) is 38.1 Å². The topological polar surface area (TPSA) is 170 Å². The number of nitrogens with two attached hydrogens (primary N) is 1. The first-order valence-electron chi connectivity index (χ1n) is 17.1. The number of hydrogen-bond acceptors (Lipinski definition) is 11. The molecule has 0 saturated carbocycles. The molecule has 13 nitrogen and oxygen atoms in total. The van der Waals surface area contributed by atoms with E-state index < -0.39 is 23.6 Å². The van der Waals surface area contributed by atoms with Gasteiger partial charge in [-0.15, -0.1) is 21.5 Å². The van der Waals surface area contributed by atoms with E-state index >= 15 is 0 Å². The summed E-state index contributed by atoms with van der Waals surface area (Å²) in [6.07, 6.45) is 1.18. The van der Waals surface area contributed by atoms with Gasteiger partial charge in [0.25, 0.3) is 0 Å². The quantitative estimate of drug-likeness (QED) is 0.254. The molecule has 3 fully saturated rings. The molecular weight excluding hydrogens is 722 g/mol. The number of anilines is 2. The van der Waals surface area contributed by atoms with E-state index in [4.69, 9.17) is 5.73 Å². The highest BCUT2D eigenvalue weighted by molar-refractivity contribution is 9.10. The standard InChI is InChI=1S/C35H46BrN9O4S/c1-19(21-6-8-22(9-7-21)30-20(2)38-18-50-30)39-33(48)27-12-25(46)16-45(27)34(49)31(35(3,4)5)40-29(47)17-44-23-10-11-24(44)15-43(14-23)26-13-28(36)41-42-32(26)37/h6-9,13,18-19,23-25,27,31,46H,10-12,14-17H2,1-5H3,(H2,37,42)(H,39,48)(H,40,47)/t19-,23?,24?,25?,27-,31?/m0/s1. The summed E-state index contributed by atoms with van der Waals surface area (Å²) >= 11 is 4.97. The van der Waals surface area contributed by atoms with Gasteiger partial charge in [-0.25, -0.2) is 4.98 Å². The minimum Gasteiger partial charge on any atom is -0.391 e. The number of halogens is 1. The highest BCUT2D eigenvalue weighted by Crippen LogP contribution is 2.35. The Labute approximate surface area is 305 Å². The monoisotopic (exact) mass is 767 g/mol. The van der Waals surface area contributed by atoms with Gasteiger partial charge in [0.1, 0.15) is 16.7 Å². The first-order valence-corrected chi connectivity index (χ1v) is 18.7. The van der Waals surface area contributed by atoms with Crippen molar-refractivity contribution in [2.45, 2.75) is 90.2 Å². The molecule has 3 aliphatic rings. The number of rotatable bonds is 9. The zero-order chi connectivity index (χ0) is 35.9. The fourth-order valence-corrected chi connectivity index (χ4v) is 8.56. The fourth-order valence-electron chi connectivity index (χ4n) is 7.45. The molecule has 15 heteroatoms. The van der Waals surface area contributed by atoms with Crippen LogP contribution < -0.4 is 21.3 Å². The van der Waals surface area contributed by atoms with Crippen LogP contribution in [-0.4, -0.2) is 104 Å². The molecule has 3 amide bonds. The number of likely N-dealkylation sites (tertiary alicyclic amines) is 1. The lowest BCUT2D eigenvalue weighted by Gasteiger charge is -2.42. The number of aromatic nitrogens is 3. The second kappa shape index (κ2) is 14.5. The van der Waals surface area contributed by atoms with Crippen LogP contribution in [0.25, 0.3) is 10.4 Å². The number of β-amino-alcohol motifs (C(OH)–C–C–N with tert-alkyl or cyclic N) is 1.